The van der Waals surface area contributed by atoms with Gasteiger partial charge in [-0.2, -0.15) is 0 Å². The molecule has 1 amide bonds. The second-order valence-corrected chi connectivity index (χ2v) is 5.72. The number of nitrogens with one attached hydrogen (secondary N) is 2. The van der Waals surface area contributed by atoms with Crippen molar-refractivity contribution in [2.75, 3.05) is 24.3 Å². The van der Waals surface area contributed by atoms with Crippen molar-refractivity contribution < 1.29 is 14.3 Å². The maximum Gasteiger partial charge on any atom is 0.337 e. The number of esters is 1. The molecule has 2 aromatic rings. The molecule has 0 aliphatic carbocycles. The predicted octanol–water partition coefficient (Wildman–Crippen LogP) is 3.68. The van der Waals surface area contributed by atoms with Crippen LogP contribution in [-0.4, -0.2) is 25.5 Å². The molecular formula is C17H17BrN2O3. The SMILES string of the molecule is COC(=O)c1ccc(NC(=O)CCNc2cccc(Br)c2)cc1. The first-order chi connectivity index (χ1) is 11.1. The summed E-state index contributed by atoms with van der Waals surface area (Å²) in [6.07, 6.45) is 0.339. The quantitative estimate of drug-likeness (QED) is 0.754. The highest BCUT2D eigenvalue weighted by molar-refractivity contribution is 9.10. The third kappa shape index (κ3) is 5.41. The van der Waals surface area contributed by atoms with Crippen LogP contribution in [0.4, 0.5) is 11.4 Å². The van der Waals surface area contributed by atoms with Gasteiger partial charge in [0.25, 0.3) is 0 Å². The lowest BCUT2D eigenvalue weighted by molar-refractivity contribution is -0.115. The molecule has 5 nitrogen and oxygen atoms in total. The number of ether oxygens (including phenoxy) is 1. The molecule has 0 bridgehead atoms. The summed E-state index contributed by atoms with van der Waals surface area (Å²) >= 11 is 3.40. The van der Waals surface area contributed by atoms with Crippen LogP contribution in [0.3, 0.4) is 0 Å². The molecule has 0 spiro atoms. The van der Waals surface area contributed by atoms with Gasteiger partial charge in [-0.05, 0) is 42.5 Å². The van der Waals surface area contributed by atoms with E-state index >= 15 is 0 Å². The molecular weight excluding hydrogens is 360 g/mol. The van der Waals surface area contributed by atoms with Crippen molar-refractivity contribution in [2.24, 2.45) is 0 Å². The zero-order chi connectivity index (χ0) is 16.7. The highest BCUT2D eigenvalue weighted by Gasteiger charge is 2.06. The molecule has 2 rings (SSSR count). The summed E-state index contributed by atoms with van der Waals surface area (Å²) in [6, 6.07) is 14.3. The molecule has 0 unspecified atom stereocenters. The molecule has 0 aliphatic rings. The first-order valence-corrected chi connectivity index (χ1v) is 7.85. The number of amides is 1. The summed E-state index contributed by atoms with van der Waals surface area (Å²) in [5, 5.41) is 5.97. The normalized spacial score (nSPS) is 10.0. The van der Waals surface area contributed by atoms with Gasteiger partial charge in [0.05, 0.1) is 12.7 Å². The molecule has 0 radical (unpaired) electrons. The number of rotatable bonds is 6. The van der Waals surface area contributed by atoms with Crippen molar-refractivity contribution in [3.8, 4) is 0 Å². The number of halogens is 1. The Morgan fingerprint density at radius 1 is 1.09 bits per heavy atom. The van der Waals surface area contributed by atoms with E-state index in [1.54, 1.807) is 24.3 Å². The lowest BCUT2D eigenvalue weighted by Crippen LogP contribution is -2.16. The van der Waals surface area contributed by atoms with Crippen molar-refractivity contribution in [1.82, 2.24) is 0 Å². The first kappa shape index (κ1) is 17.0. The second kappa shape index (κ2) is 8.33. The Balaban J connectivity index is 1.79. The van der Waals surface area contributed by atoms with Gasteiger partial charge in [0.2, 0.25) is 5.91 Å². The fourth-order valence-corrected chi connectivity index (χ4v) is 2.35. The van der Waals surface area contributed by atoms with E-state index in [0.717, 1.165) is 10.2 Å². The summed E-state index contributed by atoms with van der Waals surface area (Å²) in [5.41, 5.74) is 2.04. The number of carbonyl (C=O) groups excluding carboxylic acids is 2. The Labute approximate surface area is 143 Å². The van der Waals surface area contributed by atoms with Crippen molar-refractivity contribution in [3.63, 3.8) is 0 Å². The molecule has 0 heterocycles. The Bertz CT molecular complexity index is 686. The number of hydrogen-bond donors (Lipinski definition) is 2. The van der Waals surface area contributed by atoms with Gasteiger partial charge in [0, 0.05) is 28.8 Å². The van der Waals surface area contributed by atoms with Crippen LogP contribution in [0.1, 0.15) is 16.8 Å². The zero-order valence-electron chi connectivity index (χ0n) is 12.6. The monoisotopic (exact) mass is 376 g/mol. The minimum absolute atomic E-state index is 0.0988. The number of carbonyl (C=O) groups is 2. The van der Waals surface area contributed by atoms with Crippen molar-refractivity contribution in [3.05, 3.63) is 58.6 Å². The van der Waals surface area contributed by atoms with Crippen LogP contribution in [0.25, 0.3) is 0 Å². The van der Waals surface area contributed by atoms with Gasteiger partial charge in [-0.3, -0.25) is 4.79 Å². The standard InChI is InChI=1S/C17H17BrN2O3/c1-23-17(22)12-5-7-14(8-6-12)20-16(21)9-10-19-15-4-2-3-13(18)11-15/h2-8,11,19H,9-10H2,1H3,(H,20,21). The topological polar surface area (TPSA) is 67.4 Å². The number of benzene rings is 2. The lowest BCUT2D eigenvalue weighted by Gasteiger charge is -2.08. The molecule has 2 N–H and O–H groups in total. The molecule has 120 valence electrons. The lowest BCUT2D eigenvalue weighted by atomic mass is 10.2. The molecule has 23 heavy (non-hydrogen) atoms. The van der Waals surface area contributed by atoms with Crippen LogP contribution in [0.5, 0.6) is 0 Å². The van der Waals surface area contributed by atoms with Crippen LogP contribution in [0.2, 0.25) is 0 Å². The first-order valence-electron chi connectivity index (χ1n) is 7.06. The van der Waals surface area contributed by atoms with Crippen molar-refractivity contribution >= 4 is 39.2 Å². The largest absolute Gasteiger partial charge is 0.465 e. The molecule has 0 saturated heterocycles. The fraction of sp³-hybridized carbons (Fsp3) is 0.176. The van der Waals surface area contributed by atoms with Gasteiger partial charge in [-0.15, -0.1) is 0 Å². The van der Waals surface area contributed by atoms with Crippen molar-refractivity contribution in [2.45, 2.75) is 6.42 Å². The Morgan fingerprint density at radius 2 is 1.83 bits per heavy atom. The van der Waals surface area contributed by atoms with E-state index in [9.17, 15) is 9.59 Å². The Hall–Kier alpha value is -2.34. The average molecular weight is 377 g/mol. The smallest absolute Gasteiger partial charge is 0.337 e. The van der Waals surface area contributed by atoms with Crippen LogP contribution in [0.15, 0.2) is 53.0 Å². The van der Waals surface area contributed by atoms with E-state index in [0.29, 0.717) is 24.2 Å². The van der Waals surface area contributed by atoms with E-state index < -0.39 is 5.97 Å². The van der Waals surface area contributed by atoms with Crippen LogP contribution in [0, 0.1) is 0 Å². The molecule has 0 fully saturated rings. The van der Waals surface area contributed by atoms with E-state index in [1.807, 2.05) is 24.3 Å². The third-order valence-corrected chi connectivity index (χ3v) is 3.59. The summed E-state index contributed by atoms with van der Waals surface area (Å²) in [5.74, 6) is -0.501. The Kier molecular flexibility index (Phi) is 6.17. The third-order valence-electron chi connectivity index (χ3n) is 3.10. The number of anilines is 2. The van der Waals surface area contributed by atoms with E-state index in [4.69, 9.17) is 0 Å². The van der Waals surface area contributed by atoms with Crippen LogP contribution < -0.4 is 10.6 Å². The van der Waals surface area contributed by atoms with Crippen LogP contribution in [-0.2, 0) is 9.53 Å². The molecule has 2 aromatic carbocycles. The van der Waals surface area contributed by atoms with Gasteiger partial charge in [0.15, 0.2) is 0 Å². The molecule has 0 aromatic heterocycles. The number of methoxy groups -OCH3 is 1. The summed E-state index contributed by atoms with van der Waals surface area (Å²) < 4.78 is 5.61. The maximum absolute atomic E-state index is 11.9. The fourth-order valence-electron chi connectivity index (χ4n) is 1.95. The van der Waals surface area contributed by atoms with Gasteiger partial charge < -0.3 is 15.4 Å². The van der Waals surface area contributed by atoms with Gasteiger partial charge in [-0.1, -0.05) is 22.0 Å². The van der Waals surface area contributed by atoms with Gasteiger partial charge >= 0.3 is 5.97 Å². The van der Waals surface area contributed by atoms with Crippen LogP contribution >= 0.6 is 15.9 Å². The molecule has 0 aliphatic heterocycles. The summed E-state index contributed by atoms with van der Waals surface area (Å²) in [7, 11) is 1.33. The Morgan fingerprint density at radius 3 is 2.48 bits per heavy atom. The second-order valence-electron chi connectivity index (χ2n) is 4.80. The minimum Gasteiger partial charge on any atom is -0.465 e. The maximum atomic E-state index is 11.9. The molecule has 0 saturated carbocycles. The van der Waals surface area contributed by atoms with Crippen molar-refractivity contribution in [1.29, 1.82) is 0 Å². The van der Waals surface area contributed by atoms with Gasteiger partial charge in [0.1, 0.15) is 0 Å². The minimum atomic E-state index is -0.402. The highest BCUT2D eigenvalue weighted by Crippen LogP contribution is 2.15. The van der Waals surface area contributed by atoms with Gasteiger partial charge in [-0.25, -0.2) is 4.79 Å². The average Bonchev–Trinajstić information content (AvgIpc) is 2.55. The summed E-state index contributed by atoms with van der Waals surface area (Å²) in [4.78, 5) is 23.2. The molecule has 6 heteroatoms. The summed E-state index contributed by atoms with van der Waals surface area (Å²) in [6.45, 7) is 0.530. The van der Waals surface area contributed by atoms with E-state index in [-0.39, 0.29) is 5.91 Å². The predicted molar refractivity (Wildman–Crippen MR) is 93.7 cm³/mol. The number of hydrogen-bond acceptors (Lipinski definition) is 4. The zero-order valence-corrected chi connectivity index (χ0v) is 14.2. The van der Waals surface area contributed by atoms with E-state index in [2.05, 4.69) is 31.3 Å². The molecule has 0 atom stereocenters. The van der Waals surface area contributed by atoms with E-state index in [1.165, 1.54) is 7.11 Å². The highest BCUT2D eigenvalue weighted by atomic mass is 79.9.